The molecule has 0 spiro atoms. The normalized spacial score (nSPS) is 22.5. The molecule has 0 aromatic rings. The van der Waals surface area contributed by atoms with Crippen LogP contribution < -0.4 is 0 Å². The molecule has 0 saturated carbocycles. The van der Waals surface area contributed by atoms with Gasteiger partial charge in [-0.1, -0.05) is 0 Å². The van der Waals surface area contributed by atoms with E-state index < -0.39 is 0 Å². The summed E-state index contributed by atoms with van der Waals surface area (Å²) in [5, 5.41) is 17.3. The molecule has 86 valence electrons. The van der Waals surface area contributed by atoms with Crippen molar-refractivity contribution in [3.63, 3.8) is 0 Å². The van der Waals surface area contributed by atoms with Crippen LogP contribution >= 0.6 is 0 Å². The molecule has 1 unspecified atom stereocenters. The smallest absolute Gasteiger partial charge is 0.0621 e. The van der Waals surface area contributed by atoms with Gasteiger partial charge in [-0.25, -0.2) is 0 Å². The summed E-state index contributed by atoms with van der Waals surface area (Å²) < 4.78 is 0. The van der Waals surface area contributed by atoms with Gasteiger partial charge in [-0.05, 0) is 51.1 Å². The van der Waals surface area contributed by atoms with E-state index in [0.29, 0.717) is 18.9 Å². The van der Waals surface area contributed by atoms with E-state index in [1.54, 1.807) is 0 Å². The Hall–Kier alpha value is -0.590. The van der Waals surface area contributed by atoms with Crippen molar-refractivity contribution in [1.82, 2.24) is 4.90 Å². The van der Waals surface area contributed by atoms with E-state index in [4.69, 9.17) is 10.4 Å². The maximum atomic E-state index is 8.90. The standard InChI is InChI=1S/C12H22N2O/c13-7-2-1-3-8-14-9-4-5-12(11-14)6-10-15/h12,15H,1-6,8-11H2. The first-order valence-electron chi connectivity index (χ1n) is 6.07. The highest BCUT2D eigenvalue weighted by molar-refractivity contribution is 4.74. The number of hydrogen-bond acceptors (Lipinski definition) is 3. The lowest BCUT2D eigenvalue weighted by atomic mass is 9.95. The van der Waals surface area contributed by atoms with E-state index in [-0.39, 0.29) is 0 Å². The van der Waals surface area contributed by atoms with Crippen molar-refractivity contribution in [2.75, 3.05) is 26.2 Å². The molecule has 1 rings (SSSR count). The van der Waals surface area contributed by atoms with Crippen LogP contribution in [0.5, 0.6) is 0 Å². The summed E-state index contributed by atoms with van der Waals surface area (Å²) in [5.41, 5.74) is 0. The Balaban J connectivity index is 2.10. The second-order valence-corrected chi connectivity index (χ2v) is 4.44. The molecule has 1 N–H and O–H groups in total. The Kier molecular flexibility index (Phi) is 6.38. The van der Waals surface area contributed by atoms with Gasteiger partial charge in [0.2, 0.25) is 0 Å². The monoisotopic (exact) mass is 210 g/mol. The van der Waals surface area contributed by atoms with Gasteiger partial charge in [0.15, 0.2) is 0 Å². The Morgan fingerprint density at radius 2 is 2.27 bits per heavy atom. The highest BCUT2D eigenvalue weighted by Crippen LogP contribution is 2.19. The molecule has 3 heteroatoms. The van der Waals surface area contributed by atoms with Crippen molar-refractivity contribution < 1.29 is 5.11 Å². The minimum Gasteiger partial charge on any atom is -0.396 e. The van der Waals surface area contributed by atoms with Crippen LogP contribution in [-0.4, -0.2) is 36.2 Å². The lowest BCUT2D eigenvalue weighted by molar-refractivity contribution is 0.146. The Morgan fingerprint density at radius 3 is 3.00 bits per heavy atom. The topological polar surface area (TPSA) is 47.3 Å². The van der Waals surface area contributed by atoms with E-state index in [0.717, 1.165) is 32.4 Å². The molecule has 1 aliphatic heterocycles. The molecule has 0 amide bonds. The van der Waals surface area contributed by atoms with Crippen molar-refractivity contribution in [2.24, 2.45) is 5.92 Å². The van der Waals surface area contributed by atoms with Crippen LogP contribution in [0.3, 0.4) is 0 Å². The third-order valence-electron chi connectivity index (χ3n) is 3.15. The fraction of sp³-hybridized carbons (Fsp3) is 0.917. The zero-order valence-electron chi connectivity index (χ0n) is 9.49. The van der Waals surface area contributed by atoms with E-state index in [1.807, 2.05) is 0 Å². The molecule has 0 aromatic carbocycles. The first-order valence-corrected chi connectivity index (χ1v) is 6.07. The highest BCUT2D eigenvalue weighted by Gasteiger charge is 2.18. The molecule has 1 atom stereocenters. The van der Waals surface area contributed by atoms with Crippen LogP contribution in [0.1, 0.15) is 38.5 Å². The molecule has 0 radical (unpaired) electrons. The number of rotatable bonds is 6. The van der Waals surface area contributed by atoms with Crippen LogP contribution in [0.2, 0.25) is 0 Å². The number of unbranched alkanes of at least 4 members (excludes halogenated alkanes) is 2. The van der Waals surface area contributed by atoms with Crippen LogP contribution in [0.15, 0.2) is 0 Å². The summed E-state index contributed by atoms with van der Waals surface area (Å²) in [6.07, 6.45) is 6.35. The number of aliphatic hydroxyl groups is 1. The number of nitriles is 1. The molecule has 0 aromatic heterocycles. The Morgan fingerprint density at radius 1 is 1.40 bits per heavy atom. The molecule has 15 heavy (non-hydrogen) atoms. The molecule has 1 heterocycles. The van der Waals surface area contributed by atoms with Gasteiger partial charge in [0.05, 0.1) is 6.07 Å². The number of likely N-dealkylation sites (tertiary alicyclic amines) is 1. The molecule has 1 aliphatic rings. The Labute approximate surface area is 92.7 Å². The van der Waals surface area contributed by atoms with Crippen molar-refractivity contribution in [3.8, 4) is 6.07 Å². The predicted octanol–water partition coefficient (Wildman–Crippen LogP) is 1.77. The fourth-order valence-electron chi connectivity index (χ4n) is 2.31. The number of piperidine rings is 1. The van der Waals surface area contributed by atoms with Crippen molar-refractivity contribution >= 4 is 0 Å². The zero-order chi connectivity index (χ0) is 10.9. The summed E-state index contributed by atoms with van der Waals surface area (Å²) in [6, 6.07) is 2.18. The first kappa shape index (κ1) is 12.5. The van der Waals surface area contributed by atoms with Crippen molar-refractivity contribution in [3.05, 3.63) is 0 Å². The number of hydrogen-bond donors (Lipinski definition) is 1. The highest BCUT2D eigenvalue weighted by atomic mass is 16.3. The quantitative estimate of drug-likeness (QED) is 0.680. The second-order valence-electron chi connectivity index (χ2n) is 4.44. The summed E-state index contributed by atoms with van der Waals surface area (Å²) in [5.74, 6) is 0.694. The van der Waals surface area contributed by atoms with Gasteiger partial charge in [-0.15, -0.1) is 0 Å². The van der Waals surface area contributed by atoms with E-state index in [9.17, 15) is 0 Å². The van der Waals surface area contributed by atoms with Crippen LogP contribution in [0.4, 0.5) is 0 Å². The van der Waals surface area contributed by atoms with E-state index >= 15 is 0 Å². The maximum Gasteiger partial charge on any atom is 0.0621 e. The van der Waals surface area contributed by atoms with Gasteiger partial charge in [-0.2, -0.15) is 5.26 Å². The van der Waals surface area contributed by atoms with Gasteiger partial charge in [-0.3, -0.25) is 0 Å². The molecule has 0 aliphatic carbocycles. The molecule has 0 bridgehead atoms. The van der Waals surface area contributed by atoms with Gasteiger partial charge in [0.1, 0.15) is 0 Å². The SMILES string of the molecule is N#CCCCCN1CCCC(CCO)C1. The summed E-state index contributed by atoms with van der Waals surface area (Å²) in [4.78, 5) is 2.49. The molecule has 3 nitrogen and oxygen atoms in total. The average molecular weight is 210 g/mol. The van der Waals surface area contributed by atoms with Crippen LogP contribution in [0, 0.1) is 17.2 Å². The zero-order valence-corrected chi connectivity index (χ0v) is 9.49. The summed E-state index contributed by atoms with van der Waals surface area (Å²) >= 11 is 0. The van der Waals surface area contributed by atoms with Gasteiger partial charge < -0.3 is 10.0 Å². The minimum absolute atomic E-state index is 0.326. The number of aliphatic hydroxyl groups excluding tert-OH is 1. The first-order chi connectivity index (χ1) is 7.36. The third kappa shape index (κ3) is 5.15. The lowest BCUT2D eigenvalue weighted by Crippen LogP contribution is -2.36. The maximum absolute atomic E-state index is 8.90. The van der Waals surface area contributed by atoms with Crippen molar-refractivity contribution in [2.45, 2.75) is 38.5 Å². The van der Waals surface area contributed by atoms with Gasteiger partial charge >= 0.3 is 0 Å². The molecular weight excluding hydrogens is 188 g/mol. The largest absolute Gasteiger partial charge is 0.396 e. The number of nitrogens with zero attached hydrogens (tertiary/aromatic N) is 2. The predicted molar refractivity (Wildman–Crippen MR) is 60.3 cm³/mol. The molecule has 1 fully saturated rings. The third-order valence-corrected chi connectivity index (χ3v) is 3.15. The minimum atomic E-state index is 0.326. The molecule has 1 saturated heterocycles. The van der Waals surface area contributed by atoms with Gasteiger partial charge in [0, 0.05) is 19.6 Å². The van der Waals surface area contributed by atoms with Crippen LogP contribution in [0.25, 0.3) is 0 Å². The van der Waals surface area contributed by atoms with Crippen LogP contribution in [-0.2, 0) is 0 Å². The average Bonchev–Trinajstić information content (AvgIpc) is 2.26. The van der Waals surface area contributed by atoms with Gasteiger partial charge in [0.25, 0.3) is 0 Å². The summed E-state index contributed by atoms with van der Waals surface area (Å²) in [6.45, 7) is 3.80. The van der Waals surface area contributed by atoms with E-state index in [2.05, 4.69) is 11.0 Å². The molecular formula is C12H22N2O. The van der Waals surface area contributed by atoms with Crippen molar-refractivity contribution in [1.29, 1.82) is 5.26 Å². The lowest BCUT2D eigenvalue weighted by Gasteiger charge is -2.32. The second kappa shape index (κ2) is 7.67. The summed E-state index contributed by atoms with van der Waals surface area (Å²) in [7, 11) is 0. The Bertz CT molecular complexity index is 198. The van der Waals surface area contributed by atoms with E-state index in [1.165, 1.54) is 19.4 Å². The fourth-order valence-corrected chi connectivity index (χ4v) is 2.31.